The minimum Gasteiger partial charge on any atom is -0.491 e. The molecule has 0 atom stereocenters. The summed E-state index contributed by atoms with van der Waals surface area (Å²) < 4.78 is 5.79. The summed E-state index contributed by atoms with van der Waals surface area (Å²) >= 11 is 0. The first-order valence-corrected chi connectivity index (χ1v) is 7.69. The van der Waals surface area contributed by atoms with Gasteiger partial charge in [0.1, 0.15) is 5.75 Å². The Balaban J connectivity index is 1.72. The van der Waals surface area contributed by atoms with Crippen LogP contribution < -0.4 is 15.4 Å². The summed E-state index contributed by atoms with van der Waals surface area (Å²) in [7, 11) is 0. The molecular weight excluding hydrogens is 260 g/mol. The molecule has 0 amide bonds. The molecule has 2 N–H and O–H groups in total. The Morgan fingerprint density at radius 2 is 2.05 bits per heavy atom. The quantitative estimate of drug-likeness (QED) is 0.838. The Morgan fingerprint density at radius 1 is 1.14 bits per heavy atom. The first-order chi connectivity index (χ1) is 10.4. The molecule has 0 saturated heterocycles. The van der Waals surface area contributed by atoms with Gasteiger partial charge in [-0.1, -0.05) is 37.3 Å². The number of hydrogen-bond donors (Lipinski definition) is 2. The fourth-order valence-electron chi connectivity index (χ4n) is 2.70. The van der Waals surface area contributed by atoms with Gasteiger partial charge in [0, 0.05) is 18.8 Å². The smallest absolute Gasteiger partial charge is 0.142 e. The van der Waals surface area contributed by atoms with Gasteiger partial charge in [0.25, 0.3) is 0 Å². The van der Waals surface area contributed by atoms with E-state index < -0.39 is 0 Å². The molecule has 0 radical (unpaired) electrons. The Hall–Kier alpha value is -2.16. The van der Waals surface area contributed by atoms with Crippen LogP contribution in [-0.2, 0) is 13.0 Å². The number of anilines is 2. The van der Waals surface area contributed by atoms with E-state index in [1.807, 2.05) is 18.2 Å². The fraction of sp³-hybridized carbons (Fsp3) is 0.333. The molecule has 0 fully saturated rings. The lowest BCUT2D eigenvalue weighted by atomic mass is 10.1. The summed E-state index contributed by atoms with van der Waals surface area (Å²) in [5.74, 6) is 0.930. The third kappa shape index (κ3) is 3.13. The van der Waals surface area contributed by atoms with Crippen LogP contribution in [-0.4, -0.2) is 13.2 Å². The molecule has 2 aromatic rings. The number of benzene rings is 2. The van der Waals surface area contributed by atoms with Crippen LogP contribution in [0.25, 0.3) is 0 Å². The SMILES string of the molecule is CCCOc1ccccc1NCc1cccc2c1NCC2. The lowest BCUT2D eigenvalue weighted by Gasteiger charge is -2.14. The Kier molecular flexibility index (Phi) is 4.29. The van der Waals surface area contributed by atoms with Crippen molar-refractivity contribution < 1.29 is 4.74 Å². The summed E-state index contributed by atoms with van der Waals surface area (Å²) in [6, 6.07) is 14.7. The van der Waals surface area contributed by atoms with Crippen molar-refractivity contribution in [2.45, 2.75) is 26.3 Å². The van der Waals surface area contributed by atoms with Crippen LogP contribution in [0.5, 0.6) is 5.75 Å². The van der Waals surface area contributed by atoms with E-state index in [-0.39, 0.29) is 0 Å². The Morgan fingerprint density at radius 3 is 2.95 bits per heavy atom. The zero-order chi connectivity index (χ0) is 14.5. The van der Waals surface area contributed by atoms with Gasteiger partial charge < -0.3 is 15.4 Å². The van der Waals surface area contributed by atoms with Gasteiger partial charge in [0.2, 0.25) is 0 Å². The van der Waals surface area contributed by atoms with E-state index in [2.05, 4.69) is 41.8 Å². The monoisotopic (exact) mass is 282 g/mol. The average molecular weight is 282 g/mol. The topological polar surface area (TPSA) is 33.3 Å². The van der Waals surface area contributed by atoms with Crippen molar-refractivity contribution in [1.29, 1.82) is 0 Å². The van der Waals surface area contributed by atoms with Gasteiger partial charge in [-0.2, -0.15) is 0 Å². The van der Waals surface area contributed by atoms with Crippen LogP contribution >= 0.6 is 0 Å². The fourth-order valence-corrected chi connectivity index (χ4v) is 2.70. The van der Waals surface area contributed by atoms with E-state index in [1.165, 1.54) is 16.8 Å². The minimum atomic E-state index is 0.751. The van der Waals surface area contributed by atoms with Gasteiger partial charge >= 0.3 is 0 Å². The second-order valence-electron chi connectivity index (χ2n) is 5.33. The molecule has 0 spiro atoms. The normalized spacial score (nSPS) is 12.6. The van der Waals surface area contributed by atoms with E-state index in [0.717, 1.165) is 44.0 Å². The molecule has 21 heavy (non-hydrogen) atoms. The molecule has 0 aliphatic carbocycles. The highest BCUT2D eigenvalue weighted by Gasteiger charge is 2.13. The van der Waals surface area contributed by atoms with Crippen LogP contribution in [0.2, 0.25) is 0 Å². The summed E-state index contributed by atoms with van der Waals surface area (Å²) in [5.41, 5.74) is 5.10. The molecule has 1 aliphatic rings. The maximum absolute atomic E-state index is 5.79. The van der Waals surface area contributed by atoms with Gasteiger partial charge in [-0.05, 0) is 36.1 Å². The van der Waals surface area contributed by atoms with Crippen molar-refractivity contribution in [3.8, 4) is 5.75 Å². The highest BCUT2D eigenvalue weighted by Crippen LogP contribution is 2.29. The number of nitrogens with one attached hydrogen (secondary N) is 2. The second-order valence-corrected chi connectivity index (χ2v) is 5.33. The third-order valence-electron chi connectivity index (χ3n) is 3.75. The molecule has 0 aromatic heterocycles. The number of ether oxygens (including phenoxy) is 1. The molecular formula is C18H22N2O. The molecule has 0 saturated carbocycles. The van der Waals surface area contributed by atoms with Crippen LogP contribution in [0.3, 0.4) is 0 Å². The highest BCUT2D eigenvalue weighted by molar-refractivity contribution is 5.63. The lowest BCUT2D eigenvalue weighted by Crippen LogP contribution is -2.05. The third-order valence-corrected chi connectivity index (χ3v) is 3.75. The van der Waals surface area contributed by atoms with Crippen molar-refractivity contribution in [2.75, 3.05) is 23.8 Å². The van der Waals surface area contributed by atoms with Crippen LogP contribution in [0.1, 0.15) is 24.5 Å². The standard InChI is InChI=1S/C18H22N2O/c1-2-12-21-17-9-4-3-8-16(17)20-13-15-7-5-6-14-10-11-19-18(14)15/h3-9,19-20H,2,10-13H2,1H3. The van der Waals surface area contributed by atoms with E-state index in [1.54, 1.807) is 0 Å². The maximum Gasteiger partial charge on any atom is 0.142 e. The predicted octanol–water partition coefficient (Wildman–Crippen LogP) is 4.06. The van der Waals surface area contributed by atoms with Gasteiger partial charge in [0.05, 0.1) is 12.3 Å². The summed E-state index contributed by atoms with van der Waals surface area (Å²) in [4.78, 5) is 0. The van der Waals surface area contributed by atoms with Crippen molar-refractivity contribution in [3.05, 3.63) is 53.6 Å². The molecule has 3 heteroatoms. The van der Waals surface area contributed by atoms with Crippen LogP contribution in [0, 0.1) is 0 Å². The van der Waals surface area contributed by atoms with Crippen molar-refractivity contribution in [2.24, 2.45) is 0 Å². The minimum absolute atomic E-state index is 0.751. The van der Waals surface area contributed by atoms with Gasteiger partial charge in [0.15, 0.2) is 0 Å². The highest BCUT2D eigenvalue weighted by atomic mass is 16.5. The number of rotatable bonds is 6. The molecule has 3 nitrogen and oxygen atoms in total. The molecule has 110 valence electrons. The first-order valence-electron chi connectivity index (χ1n) is 7.69. The molecule has 0 unspecified atom stereocenters. The summed E-state index contributed by atoms with van der Waals surface area (Å²) in [5, 5.41) is 6.99. The van der Waals surface area contributed by atoms with E-state index in [9.17, 15) is 0 Å². The summed E-state index contributed by atoms with van der Waals surface area (Å²) in [6.45, 7) is 4.72. The van der Waals surface area contributed by atoms with Crippen molar-refractivity contribution in [1.82, 2.24) is 0 Å². The number of hydrogen-bond acceptors (Lipinski definition) is 3. The summed E-state index contributed by atoms with van der Waals surface area (Å²) in [6.07, 6.45) is 2.14. The van der Waals surface area contributed by atoms with Crippen molar-refractivity contribution in [3.63, 3.8) is 0 Å². The average Bonchev–Trinajstić information content (AvgIpc) is 3.01. The zero-order valence-corrected chi connectivity index (χ0v) is 12.5. The van der Waals surface area contributed by atoms with Gasteiger partial charge in [-0.25, -0.2) is 0 Å². The number of para-hydroxylation sites is 3. The van der Waals surface area contributed by atoms with Crippen molar-refractivity contribution >= 4 is 11.4 Å². The predicted molar refractivity (Wildman–Crippen MR) is 88.2 cm³/mol. The Labute approximate surface area is 126 Å². The Bertz CT molecular complexity index is 610. The molecule has 2 aromatic carbocycles. The molecule has 1 aliphatic heterocycles. The number of fused-ring (bicyclic) bond motifs is 1. The van der Waals surface area contributed by atoms with Crippen LogP contribution in [0.4, 0.5) is 11.4 Å². The lowest BCUT2D eigenvalue weighted by molar-refractivity contribution is 0.319. The van der Waals surface area contributed by atoms with Gasteiger partial charge in [-0.3, -0.25) is 0 Å². The maximum atomic E-state index is 5.79. The van der Waals surface area contributed by atoms with Gasteiger partial charge in [-0.15, -0.1) is 0 Å². The van der Waals surface area contributed by atoms with E-state index >= 15 is 0 Å². The first kappa shape index (κ1) is 13.8. The second kappa shape index (κ2) is 6.53. The molecule has 1 heterocycles. The van der Waals surface area contributed by atoms with Crippen LogP contribution in [0.15, 0.2) is 42.5 Å². The zero-order valence-electron chi connectivity index (χ0n) is 12.5. The molecule has 3 rings (SSSR count). The van der Waals surface area contributed by atoms with E-state index in [4.69, 9.17) is 4.74 Å². The van der Waals surface area contributed by atoms with E-state index in [0.29, 0.717) is 0 Å². The largest absolute Gasteiger partial charge is 0.491 e. The molecule has 0 bridgehead atoms.